The summed E-state index contributed by atoms with van der Waals surface area (Å²) in [7, 11) is 0. The average Bonchev–Trinajstić information content (AvgIpc) is 3.18. The van der Waals surface area contributed by atoms with Gasteiger partial charge in [-0.25, -0.2) is 9.79 Å². The molecule has 150 valence electrons. The molecule has 0 saturated heterocycles. The van der Waals surface area contributed by atoms with Crippen molar-refractivity contribution in [2.75, 3.05) is 0 Å². The molecule has 0 unspecified atom stereocenters. The summed E-state index contributed by atoms with van der Waals surface area (Å²) in [6, 6.07) is 31.3. The van der Waals surface area contributed by atoms with Crippen molar-refractivity contribution in [3.05, 3.63) is 119 Å². The lowest BCUT2D eigenvalue weighted by Crippen LogP contribution is -2.06. The number of para-hydroxylation sites is 1. The summed E-state index contributed by atoms with van der Waals surface area (Å²) < 4.78 is 11.5. The Morgan fingerprint density at radius 3 is 2.45 bits per heavy atom. The van der Waals surface area contributed by atoms with Crippen molar-refractivity contribution >= 4 is 28.7 Å². The molecule has 4 nitrogen and oxygen atoms in total. The predicted molar refractivity (Wildman–Crippen MR) is 122 cm³/mol. The summed E-state index contributed by atoms with van der Waals surface area (Å²) in [6.07, 6.45) is 1.71. The first kappa shape index (κ1) is 18.8. The maximum Gasteiger partial charge on any atom is 0.363 e. The number of carbonyl (C=O) groups excluding carboxylic acids is 1. The topological polar surface area (TPSA) is 47.9 Å². The zero-order chi connectivity index (χ0) is 21.0. The Balaban J connectivity index is 1.46. The minimum atomic E-state index is -0.471. The number of hydrogen-bond donors (Lipinski definition) is 0. The van der Waals surface area contributed by atoms with Crippen molar-refractivity contribution in [3.63, 3.8) is 0 Å². The monoisotopic (exact) mass is 405 g/mol. The molecule has 0 radical (unpaired) electrons. The number of hydrogen-bond acceptors (Lipinski definition) is 4. The Labute approximate surface area is 180 Å². The average molecular weight is 405 g/mol. The first-order valence-corrected chi connectivity index (χ1v) is 10.0. The molecule has 0 saturated carbocycles. The van der Waals surface area contributed by atoms with Gasteiger partial charge in [-0.1, -0.05) is 84.9 Å². The van der Waals surface area contributed by atoms with Crippen molar-refractivity contribution in [2.24, 2.45) is 4.99 Å². The SMILES string of the molecule is O=C1OC(c2cccc3ccccc23)=N/C1=C\c1ccccc1OCc1ccccc1. The lowest BCUT2D eigenvalue weighted by atomic mass is 10.0. The second-order valence-corrected chi connectivity index (χ2v) is 7.17. The molecular formula is C27H19NO3. The van der Waals surface area contributed by atoms with E-state index in [9.17, 15) is 4.79 Å². The number of aliphatic imine (C=N–C) groups is 1. The predicted octanol–water partition coefficient (Wildman–Crippen LogP) is 5.76. The first-order chi connectivity index (χ1) is 15.3. The van der Waals surface area contributed by atoms with E-state index >= 15 is 0 Å². The number of rotatable bonds is 5. The minimum Gasteiger partial charge on any atom is -0.488 e. The number of carbonyl (C=O) groups is 1. The summed E-state index contributed by atoms with van der Waals surface area (Å²) in [5.41, 5.74) is 2.89. The van der Waals surface area contributed by atoms with Gasteiger partial charge < -0.3 is 9.47 Å². The summed E-state index contributed by atoms with van der Waals surface area (Å²) >= 11 is 0. The van der Waals surface area contributed by atoms with Gasteiger partial charge >= 0.3 is 5.97 Å². The van der Waals surface area contributed by atoms with Crippen LogP contribution in [0, 0.1) is 0 Å². The molecule has 4 aromatic carbocycles. The van der Waals surface area contributed by atoms with E-state index in [2.05, 4.69) is 4.99 Å². The van der Waals surface area contributed by atoms with Crippen LogP contribution in [-0.4, -0.2) is 11.9 Å². The molecule has 1 aliphatic rings. The van der Waals surface area contributed by atoms with Gasteiger partial charge in [-0.2, -0.15) is 0 Å². The zero-order valence-corrected chi connectivity index (χ0v) is 16.7. The molecule has 4 heteroatoms. The second kappa shape index (κ2) is 8.28. The van der Waals surface area contributed by atoms with Crippen molar-refractivity contribution in [3.8, 4) is 5.75 Å². The molecule has 0 aromatic heterocycles. The van der Waals surface area contributed by atoms with Gasteiger partial charge in [-0.3, -0.25) is 0 Å². The number of fused-ring (bicyclic) bond motifs is 1. The standard InChI is InChI=1S/C27H19NO3/c29-27-24(28-26(31-27)23-15-8-13-20-11-4-6-14-22(20)23)17-21-12-5-7-16-25(21)30-18-19-9-2-1-3-10-19/h1-17H,18H2/b24-17-. The highest BCUT2D eigenvalue weighted by molar-refractivity contribution is 6.17. The van der Waals surface area contributed by atoms with E-state index in [1.165, 1.54) is 0 Å². The van der Waals surface area contributed by atoms with Gasteiger partial charge in [0.2, 0.25) is 5.90 Å². The summed E-state index contributed by atoms with van der Waals surface area (Å²) in [4.78, 5) is 17.0. The quantitative estimate of drug-likeness (QED) is 0.313. The van der Waals surface area contributed by atoms with Crippen LogP contribution in [0.5, 0.6) is 5.75 Å². The third-order valence-corrected chi connectivity index (χ3v) is 5.09. The van der Waals surface area contributed by atoms with E-state index < -0.39 is 5.97 Å². The lowest BCUT2D eigenvalue weighted by molar-refractivity contribution is -0.129. The summed E-state index contributed by atoms with van der Waals surface area (Å²) in [5, 5.41) is 2.06. The zero-order valence-electron chi connectivity index (χ0n) is 16.7. The fourth-order valence-corrected chi connectivity index (χ4v) is 3.55. The number of nitrogens with zero attached hydrogens (tertiary/aromatic N) is 1. The largest absolute Gasteiger partial charge is 0.488 e. The van der Waals surface area contributed by atoms with Gasteiger partial charge in [-0.05, 0) is 34.5 Å². The Bertz CT molecular complexity index is 1320. The van der Waals surface area contributed by atoms with E-state index in [1.54, 1.807) is 6.08 Å². The molecule has 0 amide bonds. The van der Waals surface area contributed by atoms with E-state index in [-0.39, 0.29) is 5.70 Å². The van der Waals surface area contributed by atoms with Crippen LogP contribution in [0.25, 0.3) is 16.8 Å². The second-order valence-electron chi connectivity index (χ2n) is 7.17. The van der Waals surface area contributed by atoms with Crippen LogP contribution in [0.4, 0.5) is 0 Å². The van der Waals surface area contributed by atoms with Crippen LogP contribution in [0.3, 0.4) is 0 Å². The summed E-state index contributed by atoms with van der Waals surface area (Å²) in [6.45, 7) is 0.440. The Morgan fingerprint density at radius 1 is 0.806 bits per heavy atom. The third-order valence-electron chi connectivity index (χ3n) is 5.09. The maximum atomic E-state index is 12.5. The highest BCUT2D eigenvalue weighted by atomic mass is 16.6. The Hall–Kier alpha value is -4.18. The fraction of sp³-hybridized carbons (Fsp3) is 0.0370. The van der Waals surface area contributed by atoms with Crippen molar-refractivity contribution in [2.45, 2.75) is 6.61 Å². The van der Waals surface area contributed by atoms with Gasteiger partial charge in [0.25, 0.3) is 0 Å². The van der Waals surface area contributed by atoms with Crippen LogP contribution < -0.4 is 4.74 Å². The number of benzene rings is 4. The van der Waals surface area contributed by atoms with E-state index in [0.29, 0.717) is 18.3 Å². The van der Waals surface area contributed by atoms with Crippen molar-refractivity contribution < 1.29 is 14.3 Å². The van der Waals surface area contributed by atoms with Crippen molar-refractivity contribution in [1.29, 1.82) is 0 Å². The molecule has 0 spiro atoms. The van der Waals surface area contributed by atoms with Gasteiger partial charge in [0.05, 0.1) is 0 Å². The molecule has 0 aliphatic carbocycles. The normalized spacial score (nSPS) is 14.5. The number of esters is 1. The smallest absolute Gasteiger partial charge is 0.363 e. The fourth-order valence-electron chi connectivity index (χ4n) is 3.55. The van der Waals surface area contributed by atoms with E-state index in [0.717, 1.165) is 27.5 Å². The van der Waals surface area contributed by atoms with Crippen LogP contribution in [0.1, 0.15) is 16.7 Å². The molecule has 4 aromatic rings. The lowest BCUT2D eigenvalue weighted by Gasteiger charge is -2.09. The molecule has 0 bridgehead atoms. The van der Waals surface area contributed by atoms with Gasteiger partial charge in [0.15, 0.2) is 5.70 Å². The van der Waals surface area contributed by atoms with Crippen LogP contribution in [0.15, 0.2) is 108 Å². The van der Waals surface area contributed by atoms with Crippen LogP contribution in [0.2, 0.25) is 0 Å². The Kier molecular flexibility index (Phi) is 5.03. The van der Waals surface area contributed by atoms with Crippen LogP contribution in [-0.2, 0) is 16.1 Å². The molecule has 0 N–H and O–H groups in total. The maximum absolute atomic E-state index is 12.5. The highest BCUT2D eigenvalue weighted by Crippen LogP contribution is 2.27. The minimum absolute atomic E-state index is 0.249. The van der Waals surface area contributed by atoms with Gasteiger partial charge in [-0.15, -0.1) is 0 Å². The molecule has 0 fully saturated rings. The Morgan fingerprint density at radius 2 is 1.55 bits per heavy atom. The van der Waals surface area contributed by atoms with Gasteiger partial charge in [0, 0.05) is 11.1 Å². The van der Waals surface area contributed by atoms with E-state index in [1.807, 2.05) is 97.1 Å². The molecule has 1 heterocycles. The van der Waals surface area contributed by atoms with Crippen LogP contribution >= 0.6 is 0 Å². The first-order valence-electron chi connectivity index (χ1n) is 10.0. The molecule has 1 aliphatic heterocycles. The molecule has 31 heavy (non-hydrogen) atoms. The van der Waals surface area contributed by atoms with Crippen molar-refractivity contribution in [1.82, 2.24) is 0 Å². The van der Waals surface area contributed by atoms with E-state index in [4.69, 9.17) is 9.47 Å². The molecule has 5 rings (SSSR count). The molecule has 0 atom stereocenters. The third kappa shape index (κ3) is 3.96. The molecular weight excluding hydrogens is 386 g/mol. The summed E-state index contributed by atoms with van der Waals surface area (Å²) in [5.74, 6) is 0.525. The highest BCUT2D eigenvalue weighted by Gasteiger charge is 2.25. The number of ether oxygens (including phenoxy) is 2. The number of cyclic esters (lactones) is 1. The van der Waals surface area contributed by atoms with Gasteiger partial charge in [0.1, 0.15) is 12.4 Å².